The third kappa shape index (κ3) is 3.85. The normalized spacial score (nSPS) is 17.9. The van der Waals surface area contributed by atoms with Crippen LogP contribution in [0.15, 0.2) is 53.3 Å². The van der Waals surface area contributed by atoms with Gasteiger partial charge in [0.15, 0.2) is 0 Å². The largest absolute Gasteiger partial charge is 0.497 e. The van der Waals surface area contributed by atoms with Gasteiger partial charge >= 0.3 is 0 Å². The van der Waals surface area contributed by atoms with Crippen LogP contribution in [0.25, 0.3) is 5.52 Å². The quantitative estimate of drug-likeness (QED) is 0.579. The Hall–Kier alpha value is -2.54. The van der Waals surface area contributed by atoms with Gasteiger partial charge in [0.2, 0.25) is 5.91 Å². The van der Waals surface area contributed by atoms with Crippen LogP contribution in [0.1, 0.15) is 18.9 Å². The number of ether oxygens (including phenoxy) is 2. The second kappa shape index (κ2) is 7.83. The number of fused-ring (bicyclic) bond motifs is 1. The Labute approximate surface area is 172 Å². The molecular formula is C21H22BrN3O3. The second-order valence-corrected chi connectivity index (χ2v) is 8.01. The van der Waals surface area contributed by atoms with Crippen LogP contribution in [0, 0.1) is 5.92 Å². The molecule has 0 spiro atoms. The van der Waals surface area contributed by atoms with Gasteiger partial charge in [0, 0.05) is 36.1 Å². The number of hydrogen-bond acceptors (Lipinski definition) is 4. The first-order chi connectivity index (χ1) is 13.5. The molecule has 0 aliphatic carbocycles. The third-order valence-electron chi connectivity index (χ3n) is 5.19. The van der Waals surface area contributed by atoms with Gasteiger partial charge in [0.25, 0.3) is 0 Å². The highest BCUT2D eigenvalue weighted by molar-refractivity contribution is 9.10. The molecule has 1 amide bonds. The summed E-state index contributed by atoms with van der Waals surface area (Å²) in [6, 6.07) is 11.7. The molecule has 3 aromatic rings. The molecule has 6 nitrogen and oxygen atoms in total. The molecule has 146 valence electrons. The van der Waals surface area contributed by atoms with E-state index in [0.717, 1.165) is 27.1 Å². The Balaban J connectivity index is 1.43. The van der Waals surface area contributed by atoms with Gasteiger partial charge in [-0.05, 0) is 52.7 Å². The van der Waals surface area contributed by atoms with Gasteiger partial charge in [-0.1, -0.05) is 12.1 Å². The predicted molar refractivity (Wildman–Crippen MR) is 110 cm³/mol. The van der Waals surface area contributed by atoms with Crippen molar-refractivity contribution in [2.75, 3.05) is 13.7 Å². The van der Waals surface area contributed by atoms with Crippen LogP contribution in [0.2, 0.25) is 0 Å². The number of likely N-dealkylation sites (tertiary alicyclic amines) is 1. The van der Waals surface area contributed by atoms with Crippen molar-refractivity contribution >= 4 is 27.4 Å². The Kier molecular flexibility index (Phi) is 5.26. The minimum atomic E-state index is -0.0854. The maximum Gasteiger partial charge on any atom is 0.223 e. The van der Waals surface area contributed by atoms with E-state index >= 15 is 0 Å². The molecule has 0 bridgehead atoms. The fourth-order valence-electron chi connectivity index (χ4n) is 3.58. The van der Waals surface area contributed by atoms with Gasteiger partial charge in [-0.15, -0.1) is 0 Å². The van der Waals surface area contributed by atoms with E-state index < -0.39 is 0 Å². The summed E-state index contributed by atoms with van der Waals surface area (Å²) in [5.41, 5.74) is 2.01. The van der Waals surface area contributed by atoms with Crippen LogP contribution in [0.3, 0.4) is 0 Å². The smallest absolute Gasteiger partial charge is 0.223 e. The lowest BCUT2D eigenvalue weighted by atomic mass is 10.0. The van der Waals surface area contributed by atoms with E-state index in [-0.39, 0.29) is 17.9 Å². The standard InChI is InChI=1S/C21H22BrN3O3/c1-14(28-20-10-17(22)13-25-19(20)7-8-23-25)16-9-21(26)24(12-16)11-15-3-5-18(27-2)6-4-15/h3-8,10,13-14,16H,9,11-12H2,1-2H3. The summed E-state index contributed by atoms with van der Waals surface area (Å²) in [4.78, 5) is 14.4. The Morgan fingerprint density at radius 1 is 1.29 bits per heavy atom. The molecule has 1 fully saturated rings. The topological polar surface area (TPSA) is 56.1 Å². The molecule has 1 aliphatic heterocycles. The number of benzene rings is 1. The van der Waals surface area contributed by atoms with Crippen molar-refractivity contribution < 1.29 is 14.3 Å². The molecule has 0 N–H and O–H groups in total. The third-order valence-corrected chi connectivity index (χ3v) is 5.62. The van der Waals surface area contributed by atoms with Crippen molar-refractivity contribution in [2.24, 2.45) is 5.92 Å². The highest BCUT2D eigenvalue weighted by Crippen LogP contribution is 2.30. The van der Waals surface area contributed by atoms with Crippen molar-refractivity contribution in [3.8, 4) is 11.5 Å². The SMILES string of the molecule is COc1ccc(CN2CC(C(C)Oc3cc(Br)cn4nccc34)CC2=O)cc1. The number of carbonyl (C=O) groups is 1. The molecule has 3 heterocycles. The van der Waals surface area contributed by atoms with Gasteiger partial charge in [-0.2, -0.15) is 5.10 Å². The van der Waals surface area contributed by atoms with Gasteiger partial charge < -0.3 is 14.4 Å². The number of pyridine rings is 1. The highest BCUT2D eigenvalue weighted by Gasteiger charge is 2.34. The van der Waals surface area contributed by atoms with Crippen LogP contribution in [0.4, 0.5) is 0 Å². The molecule has 2 unspecified atom stereocenters. The fourth-order valence-corrected chi connectivity index (χ4v) is 3.98. The molecule has 1 aromatic carbocycles. The first-order valence-electron chi connectivity index (χ1n) is 9.24. The zero-order chi connectivity index (χ0) is 19.7. The number of methoxy groups -OCH3 is 1. The molecule has 1 saturated heterocycles. The summed E-state index contributed by atoms with van der Waals surface area (Å²) in [5.74, 6) is 1.89. The van der Waals surface area contributed by atoms with E-state index in [9.17, 15) is 4.79 Å². The maximum atomic E-state index is 12.5. The van der Waals surface area contributed by atoms with E-state index in [4.69, 9.17) is 9.47 Å². The Bertz CT molecular complexity index is 986. The number of halogens is 1. The van der Waals surface area contributed by atoms with Crippen molar-refractivity contribution in [1.82, 2.24) is 14.5 Å². The van der Waals surface area contributed by atoms with Crippen molar-refractivity contribution in [3.63, 3.8) is 0 Å². The number of nitrogens with zero attached hydrogens (tertiary/aromatic N) is 3. The average molecular weight is 444 g/mol. The molecule has 4 rings (SSSR count). The lowest BCUT2D eigenvalue weighted by Crippen LogP contribution is -2.28. The zero-order valence-electron chi connectivity index (χ0n) is 15.8. The minimum Gasteiger partial charge on any atom is -0.497 e. The van der Waals surface area contributed by atoms with Crippen molar-refractivity contribution in [1.29, 1.82) is 0 Å². The summed E-state index contributed by atoms with van der Waals surface area (Å²) in [7, 11) is 1.65. The first kappa shape index (κ1) is 18.8. The fraction of sp³-hybridized carbons (Fsp3) is 0.333. The zero-order valence-corrected chi connectivity index (χ0v) is 17.4. The van der Waals surface area contributed by atoms with Crippen molar-refractivity contribution in [2.45, 2.75) is 26.0 Å². The maximum absolute atomic E-state index is 12.5. The lowest BCUT2D eigenvalue weighted by Gasteiger charge is -2.22. The van der Waals surface area contributed by atoms with E-state index in [2.05, 4.69) is 21.0 Å². The Morgan fingerprint density at radius 3 is 2.82 bits per heavy atom. The number of rotatable bonds is 6. The minimum absolute atomic E-state index is 0.0854. The van der Waals surface area contributed by atoms with Gasteiger partial charge in [-0.25, -0.2) is 4.52 Å². The van der Waals surface area contributed by atoms with Gasteiger partial charge in [0.05, 0.1) is 13.3 Å². The molecule has 2 aromatic heterocycles. The van der Waals surface area contributed by atoms with E-state index in [0.29, 0.717) is 19.5 Å². The lowest BCUT2D eigenvalue weighted by molar-refractivity contribution is -0.128. The highest BCUT2D eigenvalue weighted by atomic mass is 79.9. The summed E-state index contributed by atoms with van der Waals surface area (Å²) in [5, 5.41) is 4.26. The summed E-state index contributed by atoms with van der Waals surface area (Å²) in [6.45, 7) is 3.33. The van der Waals surface area contributed by atoms with Crippen LogP contribution < -0.4 is 9.47 Å². The van der Waals surface area contributed by atoms with Crippen LogP contribution in [0.5, 0.6) is 11.5 Å². The predicted octanol–water partition coefficient (Wildman–Crippen LogP) is 3.92. The Morgan fingerprint density at radius 2 is 2.07 bits per heavy atom. The average Bonchev–Trinajstić information content (AvgIpc) is 3.29. The van der Waals surface area contributed by atoms with Crippen LogP contribution >= 0.6 is 15.9 Å². The molecule has 0 radical (unpaired) electrons. The van der Waals surface area contributed by atoms with E-state index in [1.54, 1.807) is 17.8 Å². The molecule has 2 atom stereocenters. The second-order valence-electron chi connectivity index (χ2n) is 7.09. The number of hydrogen-bond donors (Lipinski definition) is 0. The summed E-state index contributed by atoms with van der Waals surface area (Å²) in [6.07, 6.45) is 4.05. The summed E-state index contributed by atoms with van der Waals surface area (Å²) < 4.78 is 14.1. The molecular weight excluding hydrogens is 422 g/mol. The number of carbonyl (C=O) groups excluding carboxylic acids is 1. The molecule has 7 heteroatoms. The van der Waals surface area contributed by atoms with Gasteiger partial charge in [0.1, 0.15) is 23.1 Å². The monoisotopic (exact) mass is 443 g/mol. The van der Waals surface area contributed by atoms with Gasteiger partial charge in [-0.3, -0.25) is 4.79 Å². The van der Waals surface area contributed by atoms with E-state index in [1.807, 2.05) is 54.4 Å². The first-order valence-corrected chi connectivity index (χ1v) is 10.0. The van der Waals surface area contributed by atoms with Crippen molar-refractivity contribution in [3.05, 3.63) is 58.8 Å². The van der Waals surface area contributed by atoms with Crippen LogP contribution in [-0.2, 0) is 11.3 Å². The molecule has 28 heavy (non-hydrogen) atoms. The number of amides is 1. The molecule has 0 saturated carbocycles. The number of aromatic nitrogens is 2. The van der Waals surface area contributed by atoms with E-state index in [1.165, 1.54) is 0 Å². The summed E-state index contributed by atoms with van der Waals surface area (Å²) >= 11 is 3.50. The van der Waals surface area contributed by atoms with Crippen LogP contribution in [-0.4, -0.2) is 40.2 Å². The molecule has 1 aliphatic rings.